The van der Waals surface area contributed by atoms with Gasteiger partial charge in [-0.15, -0.1) is 0 Å². The fourth-order valence-electron chi connectivity index (χ4n) is 2.72. The maximum atomic E-state index is 14.3. The highest BCUT2D eigenvalue weighted by Gasteiger charge is 2.27. The predicted molar refractivity (Wildman–Crippen MR) is 93.2 cm³/mol. The molecule has 0 bridgehead atoms. The van der Waals surface area contributed by atoms with Gasteiger partial charge in [0.25, 0.3) is 5.91 Å². The lowest BCUT2D eigenvalue weighted by Gasteiger charge is -2.15. The molecule has 7 nitrogen and oxygen atoms in total. The summed E-state index contributed by atoms with van der Waals surface area (Å²) in [6.07, 6.45) is 2.55. The van der Waals surface area contributed by atoms with Crippen molar-refractivity contribution in [3.8, 4) is 0 Å². The molecule has 0 saturated carbocycles. The summed E-state index contributed by atoms with van der Waals surface area (Å²) in [5.41, 5.74) is 0.393. The van der Waals surface area contributed by atoms with Crippen LogP contribution in [-0.2, 0) is 4.74 Å². The van der Waals surface area contributed by atoms with Gasteiger partial charge < -0.3 is 15.2 Å². The van der Waals surface area contributed by atoms with E-state index in [1.807, 2.05) is 0 Å². The molecule has 3 rings (SSSR count). The van der Waals surface area contributed by atoms with Crippen LogP contribution in [-0.4, -0.2) is 33.3 Å². The summed E-state index contributed by atoms with van der Waals surface area (Å²) in [5.74, 6) is -1.88. The van der Waals surface area contributed by atoms with Gasteiger partial charge in [0.15, 0.2) is 11.6 Å². The molecule has 1 amide bonds. The lowest BCUT2D eigenvalue weighted by atomic mass is 10.1. The smallest absolute Gasteiger partial charge is 0.351 e. The molecular formula is C18H18FN3O4. The SMILES string of the molecule is C=Cc1ccc(C(=O)Nc2nc(=O)n([C@H]3CC[C@@H](CO)O3)cc2F)cc1. The molecule has 2 heterocycles. The molecule has 1 aromatic carbocycles. The normalized spacial score (nSPS) is 19.3. The number of rotatable bonds is 5. The highest BCUT2D eigenvalue weighted by molar-refractivity contribution is 6.03. The van der Waals surface area contributed by atoms with Crippen LogP contribution in [0.25, 0.3) is 6.08 Å². The molecule has 8 heteroatoms. The van der Waals surface area contributed by atoms with Crippen LogP contribution in [0.15, 0.2) is 41.8 Å². The van der Waals surface area contributed by atoms with Gasteiger partial charge in [-0.05, 0) is 30.5 Å². The number of halogens is 1. The van der Waals surface area contributed by atoms with E-state index >= 15 is 0 Å². The third-order valence-corrected chi connectivity index (χ3v) is 4.15. The molecule has 1 fully saturated rings. The second-order valence-electron chi connectivity index (χ2n) is 5.88. The number of hydrogen-bond donors (Lipinski definition) is 2. The molecular weight excluding hydrogens is 341 g/mol. The van der Waals surface area contributed by atoms with E-state index in [4.69, 9.17) is 9.84 Å². The number of aliphatic hydroxyl groups is 1. The zero-order valence-electron chi connectivity index (χ0n) is 13.9. The standard InChI is InChI=1S/C18H18FN3O4/c1-2-11-3-5-12(6-4-11)17(24)20-16-14(19)9-22(18(25)21-16)15-8-7-13(10-23)26-15/h2-6,9,13,15,23H,1,7-8,10H2,(H,20,21,24,25)/t13-,15+/m0/s1. The number of aliphatic hydroxyl groups excluding tert-OH is 1. The lowest BCUT2D eigenvalue weighted by molar-refractivity contribution is -0.0249. The molecule has 2 N–H and O–H groups in total. The van der Waals surface area contributed by atoms with Crippen LogP contribution in [0.5, 0.6) is 0 Å². The van der Waals surface area contributed by atoms with Crippen molar-refractivity contribution in [1.29, 1.82) is 0 Å². The van der Waals surface area contributed by atoms with Gasteiger partial charge in [0.1, 0.15) is 6.23 Å². The summed E-state index contributed by atoms with van der Waals surface area (Å²) in [4.78, 5) is 28.0. The summed E-state index contributed by atoms with van der Waals surface area (Å²) in [6, 6.07) is 6.51. The van der Waals surface area contributed by atoms with Crippen LogP contribution in [0.1, 0.15) is 35.0 Å². The minimum absolute atomic E-state index is 0.167. The van der Waals surface area contributed by atoms with Gasteiger partial charge in [-0.3, -0.25) is 9.36 Å². The lowest BCUT2D eigenvalue weighted by Crippen LogP contribution is -2.30. The number of benzene rings is 1. The monoisotopic (exact) mass is 359 g/mol. The Morgan fingerprint density at radius 2 is 2.15 bits per heavy atom. The second kappa shape index (κ2) is 7.59. The number of anilines is 1. The van der Waals surface area contributed by atoms with Crippen molar-refractivity contribution in [2.45, 2.75) is 25.2 Å². The second-order valence-corrected chi connectivity index (χ2v) is 5.88. The van der Waals surface area contributed by atoms with Crippen molar-refractivity contribution in [3.05, 3.63) is 64.5 Å². The largest absolute Gasteiger partial charge is 0.394 e. The summed E-state index contributed by atoms with van der Waals surface area (Å²) < 4.78 is 20.8. The molecule has 0 aliphatic carbocycles. The molecule has 1 aliphatic rings. The molecule has 2 aromatic rings. The average Bonchev–Trinajstić information content (AvgIpc) is 3.13. The van der Waals surface area contributed by atoms with E-state index in [0.717, 1.165) is 16.3 Å². The first-order valence-electron chi connectivity index (χ1n) is 8.10. The minimum Gasteiger partial charge on any atom is -0.394 e. The molecule has 2 atom stereocenters. The number of carbonyl (C=O) groups excluding carboxylic acids is 1. The van der Waals surface area contributed by atoms with E-state index in [1.54, 1.807) is 30.3 Å². The number of amides is 1. The predicted octanol–water partition coefficient (Wildman–Crippen LogP) is 1.95. The Bertz CT molecular complexity index is 879. The number of nitrogens with one attached hydrogen (secondary N) is 1. The first kappa shape index (κ1) is 18.0. The number of ether oxygens (including phenoxy) is 1. The van der Waals surface area contributed by atoms with Gasteiger partial charge in [-0.2, -0.15) is 4.98 Å². The van der Waals surface area contributed by atoms with Crippen molar-refractivity contribution in [2.75, 3.05) is 11.9 Å². The molecule has 26 heavy (non-hydrogen) atoms. The summed E-state index contributed by atoms with van der Waals surface area (Å²) >= 11 is 0. The fourth-order valence-corrected chi connectivity index (χ4v) is 2.72. The molecule has 1 aromatic heterocycles. The van der Waals surface area contributed by atoms with Gasteiger partial charge in [0.05, 0.1) is 18.9 Å². The quantitative estimate of drug-likeness (QED) is 0.851. The van der Waals surface area contributed by atoms with Crippen LogP contribution >= 0.6 is 0 Å². The molecule has 0 unspecified atom stereocenters. The summed E-state index contributed by atoms with van der Waals surface area (Å²) in [6.45, 7) is 3.46. The zero-order valence-corrected chi connectivity index (χ0v) is 13.9. The Hall–Kier alpha value is -2.84. The number of nitrogens with zero attached hydrogens (tertiary/aromatic N) is 2. The molecule has 1 saturated heterocycles. The van der Waals surface area contributed by atoms with Crippen LogP contribution in [0.2, 0.25) is 0 Å². The summed E-state index contributed by atoms with van der Waals surface area (Å²) in [5, 5.41) is 11.4. The first-order chi connectivity index (χ1) is 12.5. The number of hydrogen-bond acceptors (Lipinski definition) is 5. The number of carbonyl (C=O) groups is 1. The van der Waals surface area contributed by atoms with Crippen LogP contribution in [0.4, 0.5) is 10.2 Å². The Morgan fingerprint density at radius 1 is 1.42 bits per heavy atom. The van der Waals surface area contributed by atoms with E-state index in [0.29, 0.717) is 18.4 Å². The Balaban J connectivity index is 1.78. The Labute approximate surface area is 148 Å². The summed E-state index contributed by atoms with van der Waals surface area (Å²) in [7, 11) is 0. The van der Waals surface area contributed by atoms with Gasteiger partial charge in [-0.25, -0.2) is 9.18 Å². The highest BCUT2D eigenvalue weighted by atomic mass is 19.1. The van der Waals surface area contributed by atoms with E-state index in [2.05, 4.69) is 16.9 Å². The van der Waals surface area contributed by atoms with Crippen LogP contribution in [0.3, 0.4) is 0 Å². The fraction of sp³-hybridized carbons (Fsp3) is 0.278. The maximum Gasteiger partial charge on any atom is 0.351 e. The minimum atomic E-state index is -0.850. The van der Waals surface area contributed by atoms with Crippen molar-refractivity contribution < 1.29 is 19.0 Å². The molecule has 1 aliphatic heterocycles. The molecule has 136 valence electrons. The third kappa shape index (κ3) is 3.71. The third-order valence-electron chi connectivity index (χ3n) is 4.15. The van der Waals surface area contributed by atoms with E-state index in [1.165, 1.54) is 0 Å². The van der Waals surface area contributed by atoms with Crippen molar-refractivity contribution >= 4 is 17.8 Å². The van der Waals surface area contributed by atoms with E-state index in [9.17, 15) is 14.0 Å². The maximum absolute atomic E-state index is 14.3. The van der Waals surface area contributed by atoms with Crippen molar-refractivity contribution in [1.82, 2.24) is 9.55 Å². The van der Waals surface area contributed by atoms with Crippen LogP contribution in [0, 0.1) is 5.82 Å². The highest BCUT2D eigenvalue weighted by Crippen LogP contribution is 2.27. The Kier molecular flexibility index (Phi) is 5.24. The topological polar surface area (TPSA) is 93.5 Å². The van der Waals surface area contributed by atoms with Crippen molar-refractivity contribution in [2.24, 2.45) is 0 Å². The zero-order chi connectivity index (χ0) is 18.7. The van der Waals surface area contributed by atoms with Gasteiger partial charge in [-0.1, -0.05) is 24.8 Å². The van der Waals surface area contributed by atoms with Crippen molar-refractivity contribution in [3.63, 3.8) is 0 Å². The number of aromatic nitrogens is 2. The Morgan fingerprint density at radius 3 is 2.77 bits per heavy atom. The average molecular weight is 359 g/mol. The van der Waals surface area contributed by atoms with Gasteiger partial charge in [0, 0.05) is 5.56 Å². The van der Waals surface area contributed by atoms with E-state index in [-0.39, 0.29) is 12.7 Å². The molecule has 0 radical (unpaired) electrons. The van der Waals surface area contributed by atoms with Gasteiger partial charge >= 0.3 is 5.69 Å². The van der Waals surface area contributed by atoms with E-state index < -0.39 is 29.5 Å². The molecule has 0 spiro atoms. The van der Waals surface area contributed by atoms with Crippen LogP contribution < -0.4 is 11.0 Å². The van der Waals surface area contributed by atoms with Gasteiger partial charge in [0.2, 0.25) is 0 Å². The first-order valence-corrected chi connectivity index (χ1v) is 8.10.